The molecule has 4 nitrogen and oxygen atoms in total. The Bertz CT molecular complexity index is 550. The van der Waals surface area contributed by atoms with E-state index in [-0.39, 0.29) is 11.3 Å². The Kier molecular flexibility index (Phi) is 2.79. The fourth-order valence-electron chi connectivity index (χ4n) is 1.79. The molecule has 1 unspecified atom stereocenters. The van der Waals surface area contributed by atoms with E-state index in [2.05, 4.69) is 20.7 Å². The van der Waals surface area contributed by atoms with E-state index in [4.69, 9.17) is 0 Å². The summed E-state index contributed by atoms with van der Waals surface area (Å²) in [6.45, 7) is 0. The second kappa shape index (κ2) is 3.85. The first-order valence-corrected chi connectivity index (χ1v) is 6.91. The van der Waals surface area contributed by atoms with E-state index < -0.39 is 21.1 Å². The summed E-state index contributed by atoms with van der Waals surface area (Å²) in [6.07, 6.45) is 0.172. The number of carbonyl (C=O) groups is 1. The third-order valence-electron chi connectivity index (χ3n) is 2.61. The molecule has 0 fully saturated rings. The van der Waals surface area contributed by atoms with E-state index in [0.29, 0.717) is 10.0 Å². The minimum absolute atomic E-state index is 0.172. The van der Waals surface area contributed by atoms with Crippen LogP contribution in [0.25, 0.3) is 0 Å². The zero-order chi connectivity index (χ0) is 11.9. The molecule has 1 aliphatic rings. The molecular weight excluding hydrogens is 296 g/mol. The summed E-state index contributed by atoms with van der Waals surface area (Å²) in [5, 5.41) is -1.11. The second-order valence-corrected chi connectivity index (χ2v) is 6.43. The van der Waals surface area contributed by atoms with Gasteiger partial charge in [-0.1, -0.05) is 22.0 Å². The molecule has 0 aliphatic carbocycles. The van der Waals surface area contributed by atoms with Gasteiger partial charge < -0.3 is 4.74 Å². The van der Waals surface area contributed by atoms with Crippen molar-refractivity contribution in [3.05, 3.63) is 28.2 Å². The lowest BCUT2D eigenvalue weighted by Crippen LogP contribution is -2.28. The topological polar surface area (TPSA) is 60.4 Å². The summed E-state index contributed by atoms with van der Waals surface area (Å²) in [7, 11) is -2.39. The number of sulfone groups is 1. The summed E-state index contributed by atoms with van der Waals surface area (Å²) in [5.41, 5.74) is 0.651. The van der Waals surface area contributed by atoms with Crippen LogP contribution in [0.1, 0.15) is 5.56 Å². The number of esters is 1. The average Bonchev–Trinajstić information content (AvgIpc) is 2.52. The molecule has 0 aromatic heterocycles. The van der Waals surface area contributed by atoms with Crippen molar-refractivity contribution in [1.29, 1.82) is 0 Å². The summed E-state index contributed by atoms with van der Waals surface area (Å²) in [4.78, 5) is 11.6. The van der Waals surface area contributed by atoms with Gasteiger partial charge in [0.25, 0.3) is 0 Å². The number of carbonyl (C=O) groups excluding carboxylic acids is 1. The standard InChI is InChI=1S/C10H9BrO4S/c1-15-10(12)9-5-6-7(11)3-2-4-8(6)16(9,13)14/h2-4,9H,5H2,1H3. The van der Waals surface area contributed by atoms with Crippen LogP contribution >= 0.6 is 15.9 Å². The molecule has 0 bridgehead atoms. The van der Waals surface area contributed by atoms with Crippen molar-refractivity contribution in [2.75, 3.05) is 7.11 Å². The number of ether oxygens (including phenoxy) is 1. The lowest BCUT2D eigenvalue weighted by Gasteiger charge is -2.05. The largest absolute Gasteiger partial charge is 0.468 e. The second-order valence-electron chi connectivity index (χ2n) is 3.48. The van der Waals surface area contributed by atoms with Crippen molar-refractivity contribution in [3.8, 4) is 0 Å². The molecule has 0 saturated heterocycles. The molecule has 0 N–H and O–H groups in total. The fraction of sp³-hybridized carbons (Fsp3) is 0.300. The van der Waals surface area contributed by atoms with Crippen molar-refractivity contribution >= 4 is 31.7 Å². The predicted molar refractivity (Wildman–Crippen MR) is 60.8 cm³/mol. The first-order chi connectivity index (χ1) is 7.48. The van der Waals surface area contributed by atoms with E-state index in [9.17, 15) is 13.2 Å². The summed E-state index contributed by atoms with van der Waals surface area (Å²) < 4.78 is 29.2. The molecule has 86 valence electrons. The van der Waals surface area contributed by atoms with Crippen LogP contribution in [-0.2, 0) is 25.8 Å². The quantitative estimate of drug-likeness (QED) is 0.734. The fourth-order valence-corrected chi connectivity index (χ4v) is 4.30. The van der Waals surface area contributed by atoms with E-state index >= 15 is 0 Å². The Labute approximate surface area is 102 Å². The van der Waals surface area contributed by atoms with Crippen LogP contribution in [0.2, 0.25) is 0 Å². The molecule has 1 aromatic rings. The molecule has 0 spiro atoms. The molecule has 0 saturated carbocycles. The van der Waals surface area contributed by atoms with Crippen LogP contribution < -0.4 is 0 Å². The van der Waals surface area contributed by atoms with Gasteiger partial charge in [0.05, 0.1) is 12.0 Å². The number of methoxy groups -OCH3 is 1. The molecule has 2 rings (SSSR count). The van der Waals surface area contributed by atoms with Gasteiger partial charge in [0, 0.05) is 10.9 Å². The Morgan fingerprint density at radius 1 is 1.50 bits per heavy atom. The van der Waals surface area contributed by atoms with Crippen molar-refractivity contribution < 1.29 is 17.9 Å². The van der Waals surface area contributed by atoms with E-state index in [1.165, 1.54) is 13.2 Å². The van der Waals surface area contributed by atoms with E-state index in [0.717, 1.165) is 0 Å². The van der Waals surface area contributed by atoms with Gasteiger partial charge in [0.2, 0.25) is 0 Å². The van der Waals surface area contributed by atoms with Gasteiger partial charge in [-0.2, -0.15) is 0 Å². The van der Waals surface area contributed by atoms with Gasteiger partial charge in [-0.3, -0.25) is 4.79 Å². The Morgan fingerprint density at radius 2 is 2.19 bits per heavy atom. The van der Waals surface area contributed by atoms with Gasteiger partial charge in [0.1, 0.15) is 0 Å². The van der Waals surface area contributed by atoms with Gasteiger partial charge in [-0.05, 0) is 17.7 Å². The first kappa shape index (κ1) is 11.6. The van der Waals surface area contributed by atoms with Gasteiger partial charge in [-0.25, -0.2) is 8.42 Å². The molecular formula is C10H9BrO4S. The maximum absolute atomic E-state index is 12.0. The molecule has 1 heterocycles. The van der Waals surface area contributed by atoms with Crippen LogP contribution in [0.3, 0.4) is 0 Å². The highest BCUT2D eigenvalue weighted by Gasteiger charge is 2.43. The highest BCUT2D eigenvalue weighted by molar-refractivity contribution is 9.10. The van der Waals surface area contributed by atoms with Gasteiger partial charge in [-0.15, -0.1) is 0 Å². The van der Waals surface area contributed by atoms with E-state index in [1.807, 2.05) is 0 Å². The van der Waals surface area contributed by atoms with Crippen LogP contribution in [0, 0.1) is 0 Å². The molecule has 1 atom stereocenters. The van der Waals surface area contributed by atoms with Gasteiger partial charge in [0.15, 0.2) is 15.1 Å². The number of halogens is 1. The lowest BCUT2D eigenvalue weighted by molar-refractivity contribution is -0.140. The maximum Gasteiger partial charge on any atom is 0.324 e. The Morgan fingerprint density at radius 3 is 2.75 bits per heavy atom. The molecule has 1 aliphatic heterocycles. The van der Waals surface area contributed by atoms with Crippen LogP contribution in [0.15, 0.2) is 27.6 Å². The zero-order valence-electron chi connectivity index (χ0n) is 8.44. The smallest absolute Gasteiger partial charge is 0.324 e. The summed E-state index contributed by atoms with van der Waals surface area (Å²) >= 11 is 3.28. The zero-order valence-corrected chi connectivity index (χ0v) is 10.8. The molecule has 0 radical (unpaired) electrons. The third-order valence-corrected chi connectivity index (χ3v) is 5.46. The molecule has 6 heteroatoms. The third kappa shape index (κ3) is 1.56. The first-order valence-electron chi connectivity index (χ1n) is 4.57. The van der Waals surface area contributed by atoms with Gasteiger partial charge >= 0.3 is 5.97 Å². The highest BCUT2D eigenvalue weighted by atomic mass is 79.9. The Balaban J connectivity index is 2.58. The minimum Gasteiger partial charge on any atom is -0.468 e. The highest BCUT2D eigenvalue weighted by Crippen LogP contribution is 2.36. The lowest BCUT2D eigenvalue weighted by atomic mass is 10.1. The Hall–Kier alpha value is -0.880. The van der Waals surface area contributed by atoms with Crippen molar-refractivity contribution in [3.63, 3.8) is 0 Å². The normalized spacial score (nSPS) is 21.5. The van der Waals surface area contributed by atoms with Crippen molar-refractivity contribution in [1.82, 2.24) is 0 Å². The molecule has 0 amide bonds. The maximum atomic E-state index is 12.0. The molecule has 1 aromatic carbocycles. The monoisotopic (exact) mass is 304 g/mol. The predicted octanol–water partition coefficient (Wildman–Crippen LogP) is 1.32. The number of benzene rings is 1. The average molecular weight is 305 g/mol. The number of fused-ring (bicyclic) bond motifs is 1. The number of hydrogen-bond acceptors (Lipinski definition) is 4. The number of rotatable bonds is 1. The SMILES string of the molecule is COC(=O)C1Cc2c(Br)cccc2S1(=O)=O. The van der Waals surface area contributed by atoms with Crippen LogP contribution in [0.4, 0.5) is 0 Å². The van der Waals surface area contributed by atoms with Crippen molar-refractivity contribution in [2.24, 2.45) is 0 Å². The van der Waals surface area contributed by atoms with Crippen molar-refractivity contribution in [2.45, 2.75) is 16.6 Å². The minimum atomic E-state index is -3.58. The van der Waals surface area contributed by atoms with Crippen LogP contribution in [0.5, 0.6) is 0 Å². The number of hydrogen-bond donors (Lipinski definition) is 0. The molecule has 16 heavy (non-hydrogen) atoms. The van der Waals surface area contributed by atoms with E-state index in [1.54, 1.807) is 12.1 Å². The summed E-state index contributed by atoms with van der Waals surface area (Å²) in [6, 6.07) is 4.91. The summed E-state index contributed by atoms with van der Waals surface area (Å²) in [5.74, 6) is -0.705. The van der Waals surface area contributed by atoms with Crippen LogP contribution in [-0.4, -0.2) is 26.7 Å².